The average Bonchev–Trinajstić information content (AvgIpc) is 3.43. The molecule has 154 valence electrons. The SMILES string of the molecule is Cc1cc(/C=C(\C#N)C(=O)N[C@H]2CCCO2)c(C)n1-c1sc2c(c1C#N)CCCC2. The minimum atomic E-state index is -0.418. The number of thiophene rings is 1. The van der Waals surface area contributed by atoms with E-state index in [0.717, 1.165) is 59.6 Å². The first-order valence-corrected chi connectivity index (χ1v) is 11.1. The lowest BCUT2D eigenvalue weighted by molar-refractivity contribution is -0.120. The highest BCUT2D eigenvalue weighted by atomic mass is 32.1. The van der Waals surface area contributed by atoms with Crippen LogP contribution in [0.4, 0.5) is 0 Å². The molecule has 0 bridgehead atoms. The summed E-state index contributed by atoms with van der Waals surface area (Å²) in [5, 5.41) is 23.1. The van der Waals surface area contributed by atoms with Crippen LogP contribution in [0.1, 0.15) is 58.6 Å². The van der Waals surface area contributed by atoms with Crippen LogP contribution in [0, 0.1) is 36.5 Å². The van der Waals surface area contributed by atoms with Crippen LogP contribution in [-0.4, -0.2) is 23.3 Å². The predicted molar refractivity (Wildman–Crippen MR) is 115 cm³/mol. The third-order valence-corrected chi connectivity index (χ3v) is 7.10. The molecule has 0 saturated carbocycles. The molecule has 0 radical (unpaired) electrons. The van der Waals surface area contributed by atoms with Gasteiger partial charge in [0.15, 0.2) is 0 Å². The number of ether oxygens (including phenoxy) is 1. The molecule has 2 aliphatic rings. The fourth-order valence-electron chi connectivity index (χ4n) is 4.29. The van der Waals surface area contributed by atoms with Gasteiger partial charge in [-0.1, -0.05) is 0 Å². The van der Waals surface area contributed by atoms with Crippen LogP contribution < -0.4 is 5.32 Å². The highest BCUT2D eigenvalue weighted by Crippen LogP contribution is 2.38. The molecule has 0 aromatic carbocycles. The van der Waals surface area contributed by atoms with Crippen molar-refractivity contribution in [2.24, 2.45) is 0 Å². The third-order valence-electron chi connectivity index (χ3n) is 5.82. The smallest absolute Gasteiger partial charge is 0.263 e. The molecule has 1 N–H and O–H groups in total. The Balaban J connectivity index is 1.70. The highest BCUT2D eigenvalue weighted by molar-refractivity contribution is 7.15. The van der Waals surface area contributed by atoms with Gasteiger partial charge >= 0.3 is 0 Å². The topological polar surface area (TPSA) is 90.8 Å². The van der Waals surface area contributed by atoms with Crippen LogP contribution in [0.25, 0.3) is 11.1 Å². The van der Waals surface area contributed by atoms with Gasteiger partial charge in [-0.2, -0.15) is 10.5 Å². The molecule has 30 heavy (non-hydrogen) atoms. The maximum absolute atomic E-state index is 12.5. The molecule has 1 aliphatic heterocycles. The van der Waals surface area contributed by atoms with E-state index in [9.17, 15) is 15.3 Å². The summed E-state index contributed by atoms with van der Waals surface area (Å²) >= 11 is 1.69. The molecule has 1 aliphatic carbocycles. The Bertz CT molecular complexity index is 1100. The van der Waals surface area contributed by atoms with E-state index in [1.807, 2.05) is 26.0 Å². The van der Waals surface area contributed by atoms with Crippen molar-refractivity contribution in [2.45, 2.75) is 58.6 Å². The van der Waals surface area contributed by atoms with E-state index < -0.39 is 5.91 Å². The van der Waals surface area contributed by atoms with Crippen LogP contribution >= 0.6 is 11.3 Å². The van der Waals surface area contributed by atoms with Crippen molar-refractivity contribution >= 4 is 23.3 Å². The molecule has 3 heterocycles. The maximum Gasteiger partial charge on any atom is 0.263 e. The van der Waals surface area contributed by atoms with E-state index in [2.05, 4.69) is 16.0 Å². The number of nitriles is 2. The number of nitrogens with one attached hydrogen (secondary N) is 1. The van der Waals surface area contributed by atoms with Gasteiger partial charge in [0.05, 0.1) is 5.56 Å². The summed E-state index contributed by atoms with van der Waals surface area (Å²) in [5.41, 5.74) is 4.72. The average molecular weight is 421 g/mol. The zero-order valence-electron chi connectivity index (χ0n) is 17.2. The third kappa shape index (κ3) is 3.67. The van der Waals surface area contributed by atoms with Crippen molar-refractivity contribution in [3.05, 3.63) is 44.6 Å². The molecule has 0 unspecified atom stereocenters. The van der Waals surface area contributed by atoms with E-state index in [1.54, 1.807) is 17.4 Å². The standard InChI is InChI=1S/C23H24N4O2S/c1-14-10-16(11-17(12-24)22(28)26-21-8-5-9-29-21)15(2)27(14)23-19(13-25)18-6-3-4-7-20(18)30-23/h10-11,21H,3-9H2,1-2H3,(H,26,28)/b17-11+/t21-/m1/s1. The van der Waals surface area contributed by atoms with Crippen molar-refractivity contribution in [1.82, 2.24) is 9.88 Å². The Labute approximate surface area is 180 Å². The van der Waals surface area contributed by atoms with E-state index >= 15 is 0 Å². The van der Waals surface area contributed by atoms with Crippen molar-refractivity contribution in [3.63, 3.8) is 0 Å². The van der Waals surface area contributed by atoms with Crippen LogP contribution in [0.5, 0.6) is 0 Å². The van der Waals surface area contributed by atoms with Crippen LogP contribution in [-0.2, 0) is 22.4 Å². The van der Waals surface area contributed by atoms with Crippen molar-refractivity contribution in [3.8, 4) is 17.1 Å². The molecule has 1 saturated heterocycles. The number of carbonyl (C=O) groups is 1. The van der Waals surface area contributed by atoms with E-state index in [0.29, 0.717) is 6.61 Å². The number of aromatic nitrogens is 1. The lowest BCUT2D eigenvalue weighted by Crippen LogP contribution is -2.34. The van der Waals surface area contributed by atoms with Gasteiger partial charge < -0.3 is 14.6 Å². The zero-order chi connectivity index (χ0) is 21.3. The number of carbonyl (C=O) groups excluding carboxylic acids is 1. The van der Waals surface area contributed by atoms with Crippen molar-refractivity contribution in [1.29, 1.82) is 10.5 Å². The fourth-order valence-corrected chi connectivity index (χ4v) is 5.74. The maximum atomic E-state index is 12.5. The summed E-state index contributed by atoms with van der Waals surface area (Å²) < 4.78 is 7.52. The van der Waals surface area contributed by atoms with Gasteiger partial charge in [-0.25, -0.2) is 0 Å². The summed E-state index contributed by atoms with van der Waals surface area (Å²) in [4.78, 5) is 13.8. The molecule has 7 heteroatoms. The molecule has 1 fully saturated rings. The van der Waals surface area contributed by atoms with Gasteiger partial charge in [-0.05, 0) is 75.6 Å². The lowest BCUT2D eigenvalue weighted by Gasteiger charge is -2.11. The second kappa shape index (κ2) is 8.47. The first kappa shape index (κ1) is 20.4. The first-order valence-electron chi connectivity index (χ1n) is 10.3. The highest BCUT2D eigenvalue weighted by Gasteiger charge is 2.24. The number of hydrogen-bond donors (Lipinski definition) is 1. The second-order valence-corrected chi connectivity index (χ2v) is 8.89. The molecular weight excluding hydrogens is 396 g/mol. The van der Waals surface area contributed by atoms with Gasteiger partial charge in [-0.15, -0.1) is 11.3 Å². The predicted octanol–water partition coefficient (Wildman–Crippen LogP) is 4.07. The Morgan fingerprint density at radius 1 is 1.30 bits per heavy atom. The van der Waals surface area contributed by atoms with Crippen LogP contribution in [0.15, 0.2) is 11.6 Å². The number of rotatable bonds is 4. The second-order valence-electron chi connectivity index (χ2n) is 7.81. The summed E-state index contributed by atoms with van der Waals surface area (Å²) in [6, 6.07) is 6.40. The Morgan fingerprint density at radius 2 is 2.10 bits per heavy atom. The Morgan fingerprint density at radius 3 is 2.80 bits per heavy atom. The summed E-state index contributed by atoms with van der Waals surface area (Å²) in [6.45, 7) is 4.58. The number of hydrogen-bond acceptors (Lipinski definition) is 5. The molecular formula is C23H24N4O2S. The number of aryl methyl sites for hydroxylation is 2. The van der Waals surface area contributed by atoms with Crippen LogP contribution in [0.3, 0.4) is 0 Å². The molecule has 1 atom stereocenters. The molecule has 1 amide bonds. The van der Waals surface area contributed by atoms with E-state index in [1.165, 1.54) is 16.9 Å². The van der Waals surface area contributed by atoms with Gasteiger partial charge in [0.25, 0.3) is 5.91 Å². The Kier molecular flexibility index (Phi) is 5.76. The lowest BCUT2D eigenvalue weighted by atomic mass is 9.96. The largest absolute Gasteiger partial charge is 0.359 e. The van der Waals surface area contributed by atoms with Crippen molar-refractivity contribution in [2.75, 3.05) is 6.61 Å². The minimum Gasteiger partial charge on any atom is -0.359 e. The van der Waals surface area contributed by atoms with Gasteiger partial charge in [0, 0.05) is 22.9 Å². The van der Waals surface area contributed by atoms with Gasteiger partial charge in [-0.3, -0.25) is 4.79 Å². The van der Waals surface area contributed by atoms with Crippen LogP contribution in [0.2, 0.25) is 0 Å². The van der Waals surface area contributed by atoms with Crippen molar-refractivity contribution < 1.29 is 9.53 Å². The normalized spacial score (nSPS) is 18.5. The molecule has 0 spiro atoms. The molecule has 2 aromatic rings. The fraction of sp³-hybridized carbons (Fsp3) is 0.435. The van der Waals surface area contributed by atoms with Gasteiger partial charge in [0.2, 0.25) is 0 Å². The number of amides is 1. The zero-order valence-corrected chi connectivity index (χ0v) is 18.1. The molecule has 2 aromatic heterocycles. The Hall–Kier alpha value is -2.87. The number of fused-ring (bicyclic) bond motifs is 1. The summed E-state index contributed by atoms with van der Waals surface area (Å²) in [5.74, 6) is -0.418. The quantitative estimate of drug-likeness (QED) is 0.596. The summed E-state index contributed by atoms with van der Waals surface area (Å²) in [6.07, 6.45) is 7.26. The van der Waals surface area contributed by atoms with E-state index in [-0.39, 0.29) is 11.8 Å². The monoisotopic (exact) mass is 420 g/mol. The van der Waals surface area contributed by atoms with E-state index in [4.69, 9.17) is 4.74 Å². The molecule has 4 rings (SSSR count). The molecule has 6 nitrogen and oxygen atoms in total. The van der Waals surface area contributed by atoms with Gasteiger partial charge in [0.1, 0.15) is 28.9 Å². The summed E-state index contributed by atoms with van der Waals surface area (Å²) in [7, 11) is 0. The number of nitrogens with zero attached hydrogens (tertiary/aromatic N) is 3. The first-order chi connectivity index (χ1) is 14.5. The minimum absolute atomic E-state index is 0.0525.